The molecule has 1 aromatic heterocycles. The van der Waals surface area contributed by atoms with E-state index in [-0.39, 0.29) is 11.7 Å². The number of Topliss-reactive ketones (excluding diaryl/α,β-unsaturated/α-hetero) is 1. The predicted octanol–water partition coefficient (Wildman–Crippen LogP) is 3.73. The highest BCUT2D eigenvalue weighted by molar-refractivity contribution is 8.04. The Morgan fingerprint density at radius 3 is 2.28 bits per heavy atom. The molecular formula is C22H20N4O2S. The van der Waals surface area contributed by atoms with Crippen molar-refractivity contribution in [2.75, 3.05) is 5.01 Å². The van der Waals surface area contributed by atoms with Crippen molar-refractivity contribution in [2.24, 2.45) is 0 Å². The summed E-state index contributed by atoms with van der Waals surface area (Å²) in [7, 11) is 0. The van der Waals surface area contributed by atoms with Crippen LogP contribution in [0.15, 0.2) is 64.7 Å². The van der Waals surface area contributed by atoms with Crippen LogP contribution in [0.2, 0.25) is 0 Å². The zero-order chi connectivity index (χ0) is 20.5. The molecule has 6 nitrogen and oxygen atoms in total. The molecule has 0 spiro atoms. The van der Waals surface area contributed by atoms with Crippen molar-refractivity contribution in [3.8, 4) is 0 Å². The van der Waals surface area contributed by atoms with Crippen LogP contribution in [0, 0.1) is 6.92 Å². The van der Waals surface area contributed by atoms with Gasteiger partial charge in [0.2, 0.25) is 11.1 Å². The Bertz CT molecular complexity index is 1120. The highest BCUT2D eigenvalue weighted by atomic mass is 32.2. The number of carbonyl (C=O) groups is 2. The lowest BCUT2D eigenvalue weighted by molar-refractivity contribution is -0.117. The van der Waals surface area contributed by atoms with Gasteiger partial charge in [0, 0.05) is 18.9 Å². The minimum atomic E-state index is -0.213. The standard InChI is InChI=1S/C22H20N4O2S/c1-14-9-11-18(12-10-14)20-21(15(2)27)29-22-24-23-19(26(22)25(20)16(3)28)13-17-7-5-4-6-8-17/h4-12H,13H2,1-3H3. The van der Waals surface area contributed by atoms with E-state index in [9.17, 15) is 9.59 Å². The first-order chi connectivity index (χ1) is 14.0. The van der Waals surface area contributed by atoms with Crippen molar-refractivity contribution < 1.29 is 9.59 Å². The number of fused-ring (bicyclic) bond motifs is 1. The average Bonchev–Trinajstić information content (AvgIpc) is 3.10. The number of rotatable bonds is 4. The lowest BCUT2D eigenvalue weighted by Gasteiger charge is -2.32. The third kappa shape index (κ3) is 3.61. The second kappa shape index (κ2) is 7.67. The largest absolute Gasteiger partial charge is 0.294 e. The first-order valence-electron chi connectivity index (χ1n) is 9.25. The predicted molar refractivity (Wildman–Crippen MR) is 113 cm³/mol. The summed E-state index contributed by atoms with van der Waals surface area (Å²) in [6.45, 7) is 4.99. The summed E-state index contributed by atoms with van der Waals surface area (Å²) >= 11 is 1.25. The first-order valence-corrected chi connectivity index (χ1v) is 10.1. The van der Waals surface area contributed by atoms with E-state index in [2.05, 4.69) is 10.2 Å². The van der Waals surface area contributed by atoms with Crippen LogP contribution in [-0.4, -0.2) is 26.6 Å². The fourth-order valence-electron chi connectivity index (χ4n) is 3.29. The lowest BCUT2D eigenvalue weighted by Crippen LogP contribution is -2.41. The molecule has 1 amide bonds. The number of allylic oxidation sites excluding steroid dienone is 1. The number of amides is 1. The molecule has 3 aromatic rings. The van der Waals surface area contributed by atoms with Gasteiger partial charge >= 0.3 is 0 Å². The maximum Gasteiger partial charge on any atom is 0.243 e. The maximum atomic E-state index is 12.8. The molecule has 146 valence electrons. The van der Waals surface area contributed by atoms with Gasteiger partial charge in [0.1, 0.15) is 0 Å². The molecule has 0 aliphatic carbocycles. The van der Waals surface area contributed by atoms with Gasteiger partial charge in [-0.25, -0.2) is 9.69 Å². The zero-order valence-electron chi connectivity index (χ0n) is 16.4. The Kier molecular flexibility index (Phi) is 5.07. The molecule has 2 aromatic carbocycles. The van der Waals surface area contributed by atoms with Crippen LogP contribution in [-0.2, 0) is 16.0 Å². The number of benzene rings is 2. The molecule has 0 radical (unpaired) electrons. The van der Waals surface area contributed by atoms with Crippen molar-refractivity contribution in [3.63, 3.8) is 0 Å². The second-order valence-corrected chi connectivity index (χ2v) is 7.88. The third-order valence-electron chi connectivity index (χ3n) is 4.64. The topological polar surface area (TPSA) is 68.1 Å². The summed E-state index contributed by atoms with van der Waals surface area (Å²) in [6, 6.07) is 17.7. The molecule has 1 aliphatic heterocycles. The fraction of sp³-hybridized carbons (Fsp3) is 0.182. The lowest BCUT2D eigenvalue weighted by atomic mass is 10.1. The van der Waals surface area contributed by atoms with Gasteiger partial charge in [-0.2, -0.15) is 0 Å². The summed E-state index contributed by atoms with van der Waals surface area (Å²) in [5.41, 5.74) is 3.53. The average molecular weight is 404 g/mol. The van der Waals surface area contributed by atoms with Gasteiger partial charge in [0.25, 0.3) is 0 Å². The Labute approximate surface area is 173 Å². The molecule has 0 fully saturated rings. The SMILES string of the molecule is CC(=O)C1=C(c2ccc(C)cc2)N(C(C)=O)n2c(Cc3ccccc3)nnc2S1. The van der Waals surface area contributed by atoms with E-state index >= 15 is 0 Å². The molecular weight excluding hydrogens is 384 g/mol. The van der Waals surface area contributed by atoms with Gasteiger partial charge in [0.05, 0.1) is 10.6 Å². The number of carbonyl (C=O) groups excluding carboxylic acids is 2. The first kappa shape index (κ1) is 19.1. The molecule has 29 heavy (non-hydrogen) atoms. The van der Waals surface area contributed by atoms with Crippen LogP contribution in [0.1, 0.15) is 36.4 Å². The monoisotopic (exact) mass is 404 g/mol. The Morgan fingerprint density at radius 1 is 0.966 bits per heavy atom. The highest BCUT2D eigenvalue weighted by Gasteiger charge is 2.34. The van der Waals surface area contributed by atoms with Gasteiger partial charge in [-0.3, -0.25) is 9.59 Å². The van der Waals surface area contributed by atoms with Crippen LogP contribution in [0.5, 0.6) is 0 Å². The summed E-state index contributed by atoms with van der Waals surface area (Å²) in [5, 5.41) is 10.6. The van der Waals surface area contributed by atoms with Crippen molar-refractivity contribution >= 4 is 29.1 Å². The third-order valence-corrected chi connectivity index (χ3v) is 5.77. The number of hydrogen-bond acceptors (Lipinski definition) is 5. The normalized spacial score (nSPS) is 13.4. The van der Waals surface area contributed by atoms with Crippen LogP contribution in [0.25, 0.3) is 5.70 Å². The number of ketones is 1. The summed E-state index contributed by atoms with van der Waals surface area (Å²) in [6.07, 6.45) is 0.523. The Morgan fingerprint density at radius 2 is 1.66 bits per heavy atom. The zero-order valence-corrected chi connectivity index (χ0v) is 17.2. The van der Waals surface area contributed by atoms with Crippen LogP contribution in [0.3, 0.4) is 0 Å². The maximum absolute atomic E-state index is 12.8. The van der Waals surface area contributed by atoms with Gasteiger partial charge in [-0.15, -0.1) is 10.2 Å². The Hall–Kier alpha value is -3.19. The number of thioether (sulfide) groups is 1. The molecule has 1 aliphatic rings. The number of nitrogens with zero attached hydrogens (tertiary/aromatic N) is 4. The van der Waals surface area contributed by atoms with E-state index in [1.807, 2.05) is 61.5 Å². The molecule has 0 atom stereocenters. The molecule has 0 saturated carbocycles. The molecule has 2 heterocycles. The summed E-state index contributed by atoms with van der Waals surface area (Å²) in [5.74, 6) is 0.312. The molecule has 0 saturated heterocycles. The van der Waals surface area contributed by atoms with Crippen molar-refractivity contribution in [3.05, 3.63) is 82.0 Å². The molecule has 7 heteroatoms. The smallest absolute Gasteiger partial charge is 0.243 e. The minimum absolute atomic E-state index is 0.115. The molecule has 0 unspecified atom stereocenters. The van der Waals surface area contributed by atoms with Gasteiger partial charge in [0.15, 0.2) is 11.6 Å². The molecule has 0 N–H and O–H groups in total. The van der Waals surface area contributed by atoms with Crippen molar-refractivity contribution in [2.45, 2.75) is 32.3 Å². The molecule has 0 bridgehead atoms. The van der Waals surface area contributed by atoms with Crippen LogP contribution >= 0.6 is 11.8 Å². The van der Waals surface area contributed by atoms with Crippen molar-refractivity contribution in [1.82, 2.24) is 14.9 Å². The van der Waals surface area contributed by atoms with E-state index in [0.29, 0.717) is 28.0 Å². The van der Waals surface area contributed by atoms with E-state index in [1.165, 1.54) is 30.6 Å². The second-order valence-electron chi connectivity index (χ2n) is 6.91. The van der Waals surface area contributed by atoms with Crippen LogP contribution < -0.4 is 5.01 Å². The van der Waals surface area contributed by atoms with E-state index in [4.69, 9.17) is 0 Å². The highest BCUT2D eigenvalue weighted by Crippen LogP contribution is 2.40. The van der Waals surface area contributed by atoms with E-state index in [0.717, 1.165) is 16.7 Å². The molecule has 4 rings (SSSR count). The van der Waals surface area contributed by atoms with E-state index in [1.54, 1.807) is 4.68 Å². The minimum Gasteiger partial charge on any atom is -0.294 e. The van der Waals surface area contributed by atoms with Gasteiger partial charge in [-0.1, -0.05) is 60.2 Å². The summed E-state index contributed by atoms with van der Waals surface area (Å²) in [4.78, 5) is 25.7. The number of hydrogen-bond donors (Lipinski definition) is 0. The van der Waals surface area contributed by atoms with Crippen molar-refractivity contribution in [1.29, 1.82) is 0 Å². The summed E-state index contributed by atoms with van der Waals surface area (Å²) < 4.78 is 1.72. The van der Waals surface area contributed by atoms with Gasteiger partial charge < -0.3 is 0 Å². The number of aromatic nitrogens is 3. The Balaban J connectivity index is 1.87. The van der Waals surface area contributed by atoms with E-state index < -0.39 is 0 Å². The van der Waals surface area contributed by atoms with Crippen LogP contribution in [0.4, 0.5) is 0 Å². The number of aryl methyl sites for hydroxylation is 1. The quantitative estimate of drug-likeness (QED) is 0.663. The fourth-order valence-corrected chi connectivity index (χ4v) is 4.27. The van der Waals surface area contributed by atoms with Gasteiger partial charge in [-0.05, 0) is 31.2 Å².